The van der Waals surface area contributed by atoms with Gasteiger partial charge in [0.05, 0.1) is 13.2 Å². The molecule has 1 aromatic rings. The van der Waals surface area contributed by atoms with Crippen LogP contribution in [0.5, 0.6) is 17.2 Å². The van der Waals surface area contributed by atoms with E-state index in [2.05, 4.69) is 0 Å². The summed E-state index contributed by atoms with van der Waals surface area (Å²) in [5.74, 6) is 0.997. The summed E-state index contributed by atoms with van der Waals surface area (Å²) < 4.78 is 10.8. The number of benzene rings is 1. The topological polar surface area (TPSA) is 38.7 Å². The van der Waals surface area contributed by atoms with Gasteiger partial charge in [-0.15, -0.1) is 0 Å². The first-order chi connectivity index (χ1) is 8.08. The number of rotatable bonds is 5. The van der Waals surface area contributed by atoms with E-state index in [9.17, 15) is 5.11 Å². The molecule has 1 N–H and O–H groups in total. The third kappa shape index (κ3) is 3.70. The Morgan fingerprint density at radius 2 is 1.59 bits per heavy atom. The third-order valence-corrected chi connectivity index (χ3v) is 2.12. The van der Waals surface area contributed by atoms with Crippen molar-refractivity contribution in [3.8, 4) is 17.2 Å². The van der Waals surface area contributed by atoms with Crippen molar-refractivity contribution < 1.29 is 14.6 Å². The second-order valence-corrected chi connectivity index (χ2v) is 3.95. The van der Waals surface area contributed by atoms with Gasteiger partial charge in [0.15, 0.2) is 11.5 Å². The largest absolute Gasteiger partial charge is 0.502 e. The Kier molecular flexibility index (Phi) is 4.88. The van der Waals surface area contributed by atoms with E-state index in [0.29, 0.717) is 24.7 Å². The van der Waals surface area contributed by atoms with Crippen molar-refractivity contribution in [1.82, 2.24) is 0 Å². The normalized spacial score (nSPS) is 9.88. The zero-order valence-corrected chi connectivity index (χ0v) is 10.9. The van der Waals surface area contributed by atoms with Crippen molar-refractivity contribution in [2.75, 3.05) is 13.2 Å². The highest BCUT2D eigenvalue weighted by Gasteiger charge is 2.11. The Bertz CT molecular complexity index is 377. The van der Waals surface area contributed by atoms with E-state index in [1.54, 1.807) is 0 Å². The predicted molar refractivity (Wildman–Crippen MR) is 69.8 cm³/mol. The second kappa shape index (κ2) is 6.18. The quantitative estimate of drug-likeness (QED) is 0.848. The number of hydrogen-bond acceptors (Lipinski definition) is 3. The molecule has 94 valence electrons. The summed E-state index contributed by atoms with van der Waals surface area (Å²) >= 11 is 0. The van der Waals surface area contributed by atoms with Gasteiger partial charge in [-0.25, -0.2) is 0 Å². The maximum atomic E-state index is 9.94. The lowest BCUT2D eigenvalue weighted by Gasteiger charge is -2.12. The molecule has 0 saturated carbocycles. The zero-order chi connectivity index (χ0) is 12.8. The van der Waals surface area contributed by atoms with Crippen LogP contribution in [0.3, 0.4) is 0 Å². The van der Waals surface area contributed by atoms with Crippen LogP contribution in [0, 0.1) is 0 Å². The molecule has 0 aliphatic carbocycles. The lowest BCUT2D eigenvalue weighted by Crippen LogP contribution is -1.97. The summed E-state index contributed by atoms with van der Waals surface area (Å²) in [5, 5.41) is 9.94. The van der Waals surface area contributed by atoms with Gasteiger partial charge in [0.2, 0.25) is 5.75 Å². The van der Waals surface area contributed by atoms with Crippen LogP contribution in [0.1, 0.15) is 33.3 Å². The Morgan fingerprint density at radius 3 is 1.94 bits per heavy atom. The fourth-order valence-corrected chi connectivity index (χ4v) is 1.55. The lowest BCUT2D eigenvalue weighted by molar-refractivity contribution is 0.289. The summed E-state index contributed by atoms with van der Waals surface area (Å²) in [4.78, 5) is 0. The molecule has 0 saturated heterocycles. The molecule has 17 heavy (non-hydrogen) atoms. The van der Waals surface area contributed by atoms with Gasteiger partial charge < -0.3 is 14.6 Å². The van der Waals surface area contributed by atoms with Crippen molar-refractivity contribution >= 4 is 6.08 Å². The van der Waals surface area contributed by atoms with Crippen LogP contribution in [0.2, 0.25) is 0 Å². The van der Waals surface area contributed by atoms with Crippen molar-refractivity contribution in [2.45, 2.75) is 27.7 Å². The first-order valence-corrected chi connectivity index (χ1v) is 5.86. The van der Waals surface area contributed by atoms with Gasteiger partial charge in [-0.1, -0.05) is 11.6 Å². The second-order valence-electron chi connectivity index (χ2n) is 3.95. The minimum Gasteiger partial charge on any atom is -0.502 e. The van der Waals surface area contributed by atoms with Crippen LogP contribution in [-0.4, -0.2) is 18.3 Å². The van der Waals surface area contributed by atoms with Crippen LogP contribution >= 0.6 is 0 Å². The highest BCUT2D eigenvalue weighted by atomic mass is 16.5. The lowest BCUT2D eigenvalue weighted by atomic mass is 10.1. The number of ether oxygens (including phenoxy) is 2. The standard InChI is InChI=1S/C14H20O3/c1-5-16-12-8-11(7-10(3)4)9-13(14(12)15)17-6-2/h7-9,15H,5-6H2,1-4H3. The molecular weight excluding hydrogens is 216 g/mol. The van der Waals surface area contributed by atoms with Gasteiger partial charge in [0.1, 0.15) is 0 Å². The SMILES string of the molecule is CCOc1cc(C=C(C)C)cc(OCC)c1O. The van der Waals surface area contributed by atoms with Crippen molar-refractivity contribution in [3.63, 3.8) is 0 Å². The van der Waals surface area contributed by atoms with E-state index >= 15 is 0 Å². The predicted octanol–water partition coefficient (Wildman–Crippen LogP) is 3.61. The fourth-order valence-electron chi connectivity index (χ4n) is 1.55. The van der Waals surface area contributed by atoms with Crippen LogP contribution in [-0.2, 0) is 0 Å². The van der Waals surface area contributed by atoms with Crippen LogP contribution < -0.4 is 9.47 Å². The first-order valence-electron chi connectivity index (χ1n) is 5.86. The first kappa shape index (κ1) is 13.4. The van der Waals surface area contributed by atoms with Crippen LogP contribution in [0.15, 0.2) is 17.7 Å². The summed E-state index contributed by atoms with van der Waals surface area (Å²) in [7, 11) is 0. The summed E-state index contributed by atoms with van der Waals surface area (Å²) in [5.41, 5.74) is 2.15. The highest BCUT2D eigenvalue weighted by Crippen LogP contribution is 2.38. The van der Waals surface area contributed by atoms with Gasteiger partial charge in [-0.2, -0.15) is 0 Å². The average Bonchev–Trinajstić information content (AvgIpc) is 2.24. The molecule has 0 fully saturated rings. The Hall–Kier alpha value is -1.64. The molecule has 0 aliphatic rings. The molecule has 0 radical (unpaired) electrons. The molecule has 3 nitrogen and oxygen atoms in total. The molecule has 0 spiro atoms. The number of allylic oxidation sites excluding steroid dienone is 1. The fraction of sp³-hybridized carbons (Fsp3) is 0.429. The Morgan fingerprint density at radius 1 is 1.12 bits per heavy atom. The Balaban J connectivity index is 3.20. The van der Waals surface area contributed by atoms with Crippen molar-refractivity contribution in [1.29, 1.82) is 0 Å². The molecule has 3 heteroatoms. The average molecular weight is 236 g/mol. The van der Waals surface area contributed by atoms with Crippen molar-refractivity contribution in [3.05, 3.63) is 23.3 Å². The van der Waals surface area contributed by atoms with Gasteiger partial charge >= 0.3 is 0 Å². The zero-order valence-electron chi connectivity index (χ0n) is 10.9. The molecule has 1 aromatic carbocycles. The van der Waals surface area contributed by atoms with E-state index in [1.165, 1.54) is 5.57 Å². The van der Waals surface area contributed by atoms with Crippen molar-refractivity contribution in [2.24, 2.45) is 0 Å². The molecule has 0 aromatic heterocycles. The molecule has 0 bridgehead atoms. The summed E-state index contributed by atoms with van der Waals surface area (Å²) in [6.07, 6.45) is 2.02. The third-order valence-electron chi connectivity index (χ3n) is 2.12. The van der Waals surface area contributed by atoms with Crippen LogP contribution in [0.4, 0.5) is 0 Å². The molecule has 0 heterocycles. The van der Waals surface area contributed by atoms with E-state index in [4.69, 9.17) is 9.47 Å². The molecule has 0 atom stereocenters. The number of phenols is 1. The number of phenolic OH excluding ortho intramolecular Hbond substituents is 1. The van der Waals surface area contributed by atoms with Gasteiger partial charge in [-0.05, 0) is 45.4 Å². The van der Waals surface area contributed by atoms with E-state index in [0.717, 1.165) is 5.56 Å². The molecule has 1 rings (SSSR count). The maximum absolute atomic E-state index is 9.94. The molecule has 0 amide bonds. The monoisotopic (exact) mass is 236 g/mol. The minimum atomic E-state index is 0.0691. The number of aromatic hydroxyl groups is 1. The van der Waals surface area contributed by atoms with E-state index in [-0.39, 0.29) is 5.75 Å². The molecule has 0 aliphatic heterocycles. The molecule has 0 unspecified atom stereocenters. The maximum Gasteiger partial charge on any atom is 0.200 e. The van der Waals surface area contributed by atoms with E-state index in [1.807, 2.05) is 45.9 Å². The smallest absolute Gasteiger partial charge is 0.200 e. The summed E-state index contributed by atoms with van der Waals surface area (Å²) in [6.45, 7) is 8.83. The Labute approximate surface area is 103 Å². The van der Waals surface area contributed by atoms with Crippen LogP contribution in [0.25, 0.3) is 6.08 Å². The van der Waals surface area contributed by atoms with Gasteiger partial charge in [0, 0.05) is 0 Å². The van der Waals surface area contributed by atoms with E-state index < -0.39 is 0 Å². The van der Waals surface area contributed by atoms with Gasteiger partial charge in [-0.3, -0.25) is 0 Å². The number of hydrogen-bond donors (Lipinski definition) is 1. The van der Waals surface area contributed by atoms with Gasteiger partial charge in [0.25, 0.3) is 0 Å². The highest BCUT2D eigenvalue weighted by molar-refractivity contribution is 5.62. The molecular formula is C14H20O3. The minimum absolute atomic E-state index is 0.0691. The summed E-state index contributed by atoms with van der Waals surface area (Å²) in [6, 6.07) is 3.63.